The maximum Gasteiger partial charge on any atom is 0.196 e. The Labute approximate surface area is 134 Å². The maximum absolute atomic E-state index is 12.8. The Morgan fingerprint density at radius 3 is 2.30 bits per heavy atom. The Balaban J connectivity index is 1.97. The Morgan fingerprint density at radius 1 is 0.957 bits per heavy atom. The summed E-state index contributed by atoms with van der Waals surface area (Å²) >= 11 is 0. The average Bonchev–Trinajstić information content (AvgIpc) is 2.61. The molecular formula is C18H18O5. The first-order chi connectivity index (χ1) is 11.2. The van der Waals surface area contributed by atoms with E-state index in [1.165, 1.54) is 0 Å². The molecule has 1 aliphatic rings. The Morgan fingerprint density at radius 2 is 1.70 bits per heavy atom. The van der Waals surface area contributed by atoms with Crippen LogP contribution in [0.3, 0.4) is 0 Å². The molecule has 5 heteroatoms. The zero-order valence-corrected chi connectivity index (χ0v) is 13.3. The van der Waals surface area contributed by atoms with Gasteiger partial charge in [-0.15, -0.1) is 0 Å². The summed E-state index contributed by atoms with van der Waals surface area (Å²) in [5.41, 5.74) is 2.13. The third-order valence-electron chi connectivity index (χ3n) is 3.96. The first kappa shape index (κ1) is 15.4. The van der Waals surface area contributed by atoms with Gasteiger partial charge in [-0.1, -0.05) is 12.1 Å². The number of hydrogen-bond acceptors (Lipinski definition) is 5. The second-order valence-electron chi connectivity index (χ2n) is 5.16. The molecule has 5 nitrogen and oxygen atoms in total. The molecule has 1 unspecified atom stereocenters. The molecule has 1 heterocycles. The fourth-order valence-corrected chi connectivity index (χ4v) is 2.77. The molecule has 0 spiro atoms. The summed E-state index contributed by atoms with van der Waals surface area (Å²) in [5.74, 6) is 1.79. The Kier molecular flexibility index (Phi) is 4.21. The van der Waals surface area contributed by atoms with Crippen LogP contribution in [0.2, 0.25) is 0 Å². The van der Waals surface area contributed by atoms with E-state index in [0.29, 0.717) is 17.1 Å². The number of Topliss-reactive ketones (excluding diaryl/α,β-unsaturated/α-hetero) is 1. The number of carbonyl (C=O) groups excluding carboxylic acids is 1. The summed E-state index contributed by atoms with van der Waals surface area (Å²) in [6.45, 7) is 0.290. The van der Waals surface area contributed by atoms with E-state index in [1.807, 2.05) is 24.3 Å². The highest BCUT2D eigenvalue weighted by Gasteiger charge is 2.32. The predicted octanol–water partition coefficient (Wildman–Crippen LogP) is 3.17. The topological polar surface area (TPSA) is 54.0 Å². The van der Waals surface area contributed by atoms with Gasteiger partial charge in [0.25, 0.3) is 0 Å². The van der Waals surface area contributed by atoms with Crippen LogP contribution in [0, 0.1) is 0 Å². The molecule has 3 rings (SSSR count). The molecule has 0 saturated heterocycles. The smallest absolute Gasteiger partial charge is 0.196 e. The summed E-state index contributed by atoms with van der Waals surface area (Å²) < 4.78 is 21.6. The third kappa shape index (κ3) is 2.64. The van der Waals surface area contributed by atoms with Crippen LogP contribution in [0.25, 0.3) is 0 Å². The fourth-order valence-electron chi connectivity index (χ4n) is 2.77. The quantitative estimate of drug-likeness (QED) is 0.867. The lowest BCUT2D eigenvalue weighted by Gasteiger charge is -2.26. The molecular weight excluding hydrogens is 296 g/mol. The fraction of sp³-hybridized carbons (Fsp3) is 0.278. The van der Waals surface area contributed by atoms with Gasteiger partial charge in [0.05, 0.1) is 27.9 Å². The van der Waals surface area contributed by atoms with Gasteiger partial charge in [0, 0.05) is 11.1 Å². The number of benzene rings is 2. The Hall–Kier alpha value is -2.53. The second-order valence-corrected chi connectivity index (χ2v) is 5.16. The molecule has 2 aromatic rings. The molecule has 0 saturated carbocycles. The van der Waals surface area contributed by atoms with Crippen LogP contribution in [0.4, 0.5) is 0 Å². The van der Waals surface area contributed by atoms with Crippen LogP contribution in [0.1, 0.15) is 27.6 Å². The number of hydrogen-bond donors (Lipinski definition) is 0. The average molecular weight is 314 g/mol. The van der Waals surface area contributed by atoms with E-state index in [0.717, 1.165) is 16.9 Å². The number of fused-ring (bicyclic) bond motifs is 1. The second kappa shape index (κ2) is 6.30. The van der Waals surface area contributed by atoms with Crippen LogP contribution in [-0.2, 0) is 11.3 Å². The summed E-state index contributed by atoms with van der Waals surface area (Å²) in [5, 5.41) is 0. The minimum atomic E-state index is -0.619. The Bertz CT molecular complexity index is 721. The highest BCUT2D eigenvalue weighted by Crippen LogP contribution is 2.40. The number of rotatable bonds is 4. The van der Waals surface area contributed by atoms with Gasteiger partial charge in [-0.3, -0.25) is 4.79 Å². The van der Waals surface area contributed by atoms with Crippen LogP contribution < -0.4 is 14.2 Å². The summed E-state index contributed by atoms with van der Waals surface area (Å²) in [7, 11) is 4.72. The summed E-state index contributed by atoms with van der Waals surface area (Å²) in [4.78, 5) is 12.8. The molecule has 0 radical (unpaired) electrons. The van der Waals surface area contributed by atoms with E-state index in [9.17, 15) is 4.79 Å². The van der Waals surface area contributed by atoms with Crippen molar-refractivity contribution in [2.45, 2.75) is 12.7 Å². The molecule has 23 heavy (non-hydrogen) atoms. The minimum absolute atomic E-state index is 0.0858. The highest BCUT2D eigenvalue weighted by molar-refractivity contribution is 6.02. The van der Waals surface area contributed by atoms with Gasteiger partial charge in [-0.25, -0.2) is 0 Å². The lowest BCUT2D eigenvalue weighted by molar-refractivity contribution is 0.0247. The van der Waals surface area contributed by atoms with Gasteiger partial charge in [0.1, 0.15) is 11.9 Å². The van der Waals surface area contributed by atoms with E-state index in [-0.39, 0.29) is 12.4 Å². The van der Waals surface area contributed by atoms with Crippen molar-refractivity contribution in [3.63, 3.8) is 0 Å². The van der Waals surface area contributed by atoms with Gasteiger partial charge in [0.15, 0.2) is 17.3 Å². The lowest BCUT2D eigenvalue weighted by Crippen LogP contribution is -2.24. The van der Waals surface area contributed by atoms with Crippen LogP contribution in [0.15, 0.2) is 36.4 Å². The van der Waals surface area contributed by atoms with Crippen LogP contribution >= 0.6 is 0 Å². The molecule has 1 aliphatic heterocycles. The van der Waals surface area contributed by atoms with Crippen molar-refractivity contribution < 1.29 is 23.7 Å². The zero-order chi connectivity index (χ0) is 16.4. The summed E-state index contributed by atoms with van der Waals surface area (Å²) in [6.07, 6.45) is -0.619. The molecule has 0 fully saturated rings. The van der Waals surface area contributed by atoms with Crippen molar-refractivity contribution >= 4 is 5.78 Å². The monoisotopic (exact) mass is 314 g/mol. The van der Waals surface area contributed by atoms with Crippen molar-refractivity contribution in [3.8, 4) is 17.2 Å². The van der Waals surface area contributed by atoms with E-state index in [4.69, 9.17) is 18.9 Å². The van der Waals surface area contributed by atoms with Crippen LogP contribution in [-0.4, -0.2) is 27.1 Å². The molecule has 120 valence electrons. The largest absolute Gasteiger partial charge is 0.497 e. The summed E-state index contributed by atoms with van der Waals surface area (Å²) in [6, 6.07) is 10.8. The van der Waals surface area contributed by atoms with Gasteiger partial charge in [-0.2, -0.15) is 0 Å². The molecule has 0 bridgehead atoms. The predicted molar refractivity (Wildman–Crippen MR) is 84.4 cm³/mol. The van der Waals surface area contributed by atoms with Crippen molar-refractivity contribution in [2.75, 3.05) is 21.3 Å². The normalized spacial score (nSPS) is 16.7. The first-order valence-corrected chi connectivity index (χ1v) is 7.23. The molecule has 1 atom stereocenters. The van der Waals surface area contributed by atoms with Crippen molar-refractivity contribution in [1.82, 2.24) is 0 Å². The zero-order valence-electron chi connectivity index (χ0n) is 13.3. The van der Waals surface area contributed by atoms with Gasteiger partial charge >= 0.3 is 0 Å². The van der Waals surface area contributed by atoms with Crippen molar-refractivity contribution in [3.05, 3.63) is 53.1 Å². The molecule has 0 aromatic heterocycles. The molecule has 0 N–H and O–H groups in total. The van der Waals surface area contributed by atoms with Crippen molar-refractivity contribution in [1.29, 1.82) is 0 Å². The highest BCUT2D eigenvalue weighted by atomic mass is 16.5. The number of carbonyl (C=O) groups is 1. The van der Waals surface area contributed by atoms with E-state index in [2.05, 4.69) is 0 Å². The number of ketones is 1. The molecule has 2 aromatic carbocycles. The number of methoxy groups -OCH3 is 3. The third-order valence-corrected chi connectivity index (χ3v) is 3.96. The minimum Gasteiger partial charge on any atom is -0.497 e. The maximum atomic E-state index is 12.8. The lowest BCUT2D eigenvalue weighted by atomic mass is 9.93. The van der Waals surface area contributed by atoms with Crippen LogP contribution in [0.5, 0.6) is 17.2 Å². The van der Waals surface area contributed by atoms with Crippen molar-refractivity contribution in [2.24, 2.45) is 0 Å². The standard InChI is InChI=1S/C18H18O5/c1-20-12-6-4-11(5-7-12)17-16(19)13-8-9-15(21-2)18(22-3)14(13)10-23-17/h4-9,17H,10H2,1-3H3. The van der Waals surface area contributed by atoms with E-state index < -0.39 is 6.10 Å². The molecule has 0 aliphatic carbocycles. The van der Waals surface area contributed by atoms with E-state index in [1.54, 1.807) is 33.5 Å². The molecule has 0 amide bonds. The van der Waals surface area contributed by atoms with E-state index >= 15 is 0 Å². The first-order valence-electron chi connectivity index (χ1n) is 7.23. The van der Waals surface area contributed by atoms with Gasteiger partial charge in [0.2, 0.25) is 0 Å². The van der Waals surface area contributed by atoms with Gasteiger partial charge < -0.3 is 18.9 Å². The number of ether oxygens (including phenoxy) is 4. The SMILES string of the molecule is COc1ccc(C2OCc3c(ccc(OC)c3OC)C2=O)cc1. The van der Waals surface area contributed by atoms with Gasteiger partial charge in [-0.05, 0) is 29.8 Å².